The molecule has 1 amide bonds. The van der Waals surface area contributed by atoms with E-state index in [-0.39, 0.29) is 5.91 Å². The van der Waals surface area contributed by atoms with Gasteiger partial charge in [-0.25, -0.2) is 9.97 Å². The third-order valence-corrected chi connectivity index (χ3v) is 2.41. The van der Waals surface area contributed by atoms with Gasteiger partial charge in [-0.3, -0.25) is 4.79 Å². The highest BCUT2D eigenvalue weighted by atomic mass is 16.1. The lowest BCUT2D eigenvalue weighted by Gasteiger charge is -2.05. The molecule has 2 aromatic heterocycles. The summed E-state index contributed by atoms with van der Waals surface area (Å²) in [6.07, 6.45) is 1.52. The molecule has 0 saturated carbocycles. The van der Waals surface area contributed by atoms with Crippen LogP contribution in [-0.2, 0) is 0 Å². The van der Waals surface area contributed by atoms with Gasteiger partial charge in [-0.05, 0) is 31.2 Å². The van der Waals surface area contributed by atoms with Crippen LogP contribution in [0.5, 0.6) is 0 Å². The molecule has 2 heterocycles. The molecule has 0 aliphatic rings. The van der Waals surface area contributed by atoms with Crippen molar-refractivity contribution in [3.05, 3.63) is 47.8 Å². The quantitative estimate of drug-likeness (QED) is 0.864. The molecule has 2 aromatic rings. The maximum atomic E-state index is 11.9. The van der Waals surface area contributed by atoms with Gasteiger partial charge >= 0.3 is 0 Å². The lowest BCUT2D eigenvalue weighted by Crippen LogP contribution is -2.13. The van der Waals surface area contributed by atoms with E-state index >= 15 is 0 Å². The van der Waals surface area contributed by atoms with E-state index in [0.717, 1.165) is 11.5 Å². The van der Waals surface area contributed by atoms with Crippen molar-refractivity contribution in [1.29, 1.82) is 0 Å². The summed E-state index contributed by atoms with van der Waals surface area (Å²) >= 11 is 0. The number of rotatable bonds is 3. The number of anilines is 2. The summed E-state index contributed by atoms with van der Waals surface area (Å²) in [4.78, 5) is 20.2. The average molecular weight is 242 g/mol. The van der Waals surface area contributed by atoms with Gasteiger partial charge in [0.15, 0.2) is 0 Å². The number of aromatic nitrogens is 2. The molecule has 2 N–H and O–H groups in total. The monoisotopic (exact) mass is 242 g/mol. The van der Waals surface area contributed by atoms with E-state index in [4.69, 9.17) is 0 Å². The summed E-state index contributed by atoms with van der Waals surface area (Å²) in [5, 5.41) is 5.62. The lowest BCUT2D eigenvalue weighted by molar-refractivity contribution is 0.102. The highest BCUT2D eigenvalue weighted by Gasteiger charge is 2.07. The summed E-state index contributed by atoms with van der Waals surface area (Å²) in [6, 6.07) is 8.93. The van der Waals surface area contributed by atoms with Crippen LogP contribution in [0.3, 0.4) is 0 Å². The van der Waals surface area contributed by atoms with E-state index in [1.807, 2.05) is 19.1 Å². The number of amides is 1. The second kappa shape index (κ2) is 5.27. The van der Waals surface area contributed by atoms with Crippen molar-refractivity contribution in [3.8, 4) is 0 Å². The van der Waals surface area contributed by atoms with Crippen molar-refractivity contribution >= 4 is 17.5 Å². The van der Waals surface area contributed by atoms with Crippen molar-refractivity contribution in [3.63, 3.8) is 0 Å². The summed E-state index contributed by atoms with van der Waals surface area (Å²) in [5.41, 5.74) is 1.36. The van der Waals surface area contributed by atoms with E-state index in [1.165, 1.54) is 6.20 Å². The fraction of sp³-hybridized carbons (Fsp3) is 0.154. The number of aryl methyl sites for hydroxylation is 1. The number of hydrogen-bond donors (Lipinski definition) is 2. The molecule has 0 fully saturated rings. The second-order valence-electron chi connectivity index (χ2n) is 3.80. The number of hydrogen-bond acceptors (Lipinski definition) is 4. The highest BCUT2D eigenvalue weighted by Crippen LogP contribution is 2.08. The van der Waals surface area contributed by atoms with Crippen molar-refractivity contribution in [2.75, 3.05) is 17.7 Å². The van der Waals surface area contributed by atoms with Gasteiger partial charge in [0.1, 0.15) is 11.6 Å². The minimum absolute atomic E-state index is 0.219. The van der Waals surface area contributed by atoms with E-state index < -0.39 is 0 Å². The molecule has 0 saturated heterocycles. The molecular formula is C13H14N4O. The van der Waals surface area contributed by atoms with Crippen molar-refractivity contribution in [2.45, 2.75) is 6.92 Å². The molecule has 0 radical (unpaired) electrons. The Hall–Kier alpha value is -2.43. The van der Waals surface area contributed by atoms with Crippen LogP contribution in [0.4, 0.5) is 11.6 Å². The van der Waals surface area contributed by atoms with Crippen LogP contribution in [0.25, 0.3) is 0 Å². The second-order valence-corrected chi connectivity index (χ2v) is 3.80. The predicted molar refractivity (Wildman–Crippen MR) is 70.7 cm³/mol. The topological polar surface area (TPSA) is 66.9 Å². The molecule has 0 aliphatic carbocycles. The molecule has 2 rings (SSSR count). The minimum atomic E-state index is -0.219. The number of pyridine rings is 2. The Bertz CT molecular complexity index is 551. The fourth-order valence-corrected chi connectivity index (χ4v) is 1.48. The molecule has 0 bridgehead atoms. The van der Waals surface area contributed by atoms with Crippen molar-refractivity contribution in [2.24, 2.45) is 0 Å². The van der Waals surface area contributed by atoms with Gasteiger partial charge in [0, 0.05) is 18.9 Å². The van der Waals surface area contributed by atoms with Crippen LogP contribution < -0.4 is 10.6 Å². The third kappa shape index (κ3) is 2.82. The van der Waals surface area contributed by atoms with Crippen LogP contribution in [-0.4, -0.2) is 22.9 Å². The molecule has 5 nitrogen and oxygen atoms in total. The zero-order chi connectivity index (χ0) is 13.0. The number of nitrogens with zero attached hydrogens (tertiary/aromatic N) is 2. The Balaban J connectivity index is 2.11. The summed E-state index contributed by atoms with van der Waals surface area (Å²) in [6.45, 7) is 1.87. The maximum absolute atomic E-state index is 11.9. The molecule has 0 unspecified atom stereocenters. The molecule has 0 spiro atoms. The summed E-state index contributed by atoms with van der Waals surface area (Å²) in [5.74, 6) is 1.04. The van der Waals surface area contributed by atoms with Gasteiger partial charge in [0.25, 0.3) is 5.91 Å². The molecule has 5 heteroatoms. The number of nitrogens with one attached hydrogen (secondary N) is 2. The predicted octanol–water partition coefficient (Wildman–Crippen LogP) is 2.08. The zero-order valence-electron chi connectivity index (χ0n) is 10.3. The normalized spacial score (nSPS) is 9.89. The van der Waals surface area contributed by atoms with E-state index in [9.17, 15) is 4.79 Å². The van der Waals surface area contributed by atoms with Crippen LogP contribution >= 0.6 is 0 Å². The standard InChI is InChI=1S/C13H14N4O/c1-9-4-3-5-12(16-9)17-13(18)10-6-7-11(14-2)15-8-10/h3-8H,1-2H3,(H,14,15)(H,16,17,18). The van der Waals surface area contributed by atoms with Gasteiger partial charge in [-0.2, -0.15) is 0 Å². The number of carbonyl (C=O) groups excluding carboxylic acids is 1. The van der Waals surface area contributed by atoms with Gasteiger partial charge in [-0.1, -0.05) is 6.07 Å². The lowest BCUT2D eigenvalue weighted by atomic mass is 10.2. The van der Waals surface area contributed by atoms with E-state index in [0.29, 0.717) is 11.4 Å². The van der Waals surface area contributed by atoms with Gasteiger partial charge < -0.3 is 10.6 Å². The Kier molecular flexibility index (Phi) is 3.52. The molecule has 0 aromatic carbocycles. The van der Waals surface area contributed by atoms with E-state index in [2.05, 4.69) is 20.6 Å². The van der Waals surface area contributed by atoms with Crippen LogP contribution in [0.1, 0.15) is 16.1 Å². The van der Waals surface area contributed by atoms with Crippen LogP contribution in [0, 0.1) is 6.92 Å². The summed E-state index contributed by atoms with van der Waals surface area (Å²) < 4.78 is 0. The minimum Gasteiger partial charge on any atom is -0.373 e. The SMILES string of the molecule is CNc1ccc(C(=O)Nc2cccc(C)n2)cn1. The largest absolute Gasteiger partial charge is 0.373 e. The highest BCUT2D eigenvalue weighted by molar-refractivity contribution is 6.03. The third-order valence-electron chi connectivity index (χ3n) is 2.41. The molecule has 92 valence electrons. The van der Waals surface area contributed by atoms with Gasteiger partial charge in [0.2, 0.25) is 0 Å². The van der Waals surface area contributed by atoms with Crippen LogP contribution in [0.15, 0.2) is 36.5 Å². The molecule has 0 aliphatic heterocycles. The summed E-state index contributed by atoms with van der Waals surface area (Å²) in [7, 11) is 1.78. The Morgan fingerprint density at radius 1 is 1.17 bits per heavy atom. The van der Waals surface area contributed by atoms with Crippen molar-refractivity contribution in [1.82, 2.24) is 9.97 Å². The van der Waals surface area contributed by atoms with Gasteiger partial charge in [-0.15, -0.1) is 0 Å². The zero-order valence-corrected chi connectivity index (χ0v) is 10.3. The average Bonchev–Trinajstić information content (AvgIpc) is 2.39. The Morgan fingerprint density at radius 2 is 2.00 bits per heavy atom. The van der Waals surface area contributed by atoms with Crippen molar-refractivity contribution < 1.29 is 4.79 Å². The van der Waals surface area contributed by atoms with Crippen LogP contribution in [0.2, 0.25) is 0 Å². The molecule has 18 heavy (non-hydrogen) atoms. The number of carbonyl (C=O) groups is 1. The first-order chi connectivity index (χ1) is 8.69. The first kappa shape index (κ1) is 12.0. The Morgan fingerprint density at radius 3 is 2.61 bits per heavy atom. The van der Waals surface area contributed by atoms with E-state index in [1.54, 1.807) is 25.2 Å². The maximum Gasteiger partial charge on any atom is 0.258 e. The fourth-order valence-electron chi connectivity index (χ4n) is 1.48. The molecule has 0 atom stereocenters. The van der Waals surface area contributed by atoms with Gasteiger partial charge in [0.05, 0.1) is 5.56 Å². The Labute approximate surface area is 105 Å². The smallest absolute Gasteiger partial charge is 0.258 e. The molecular weight excluding hydrogens is 228 g/mol. The first-order valence-corrected chi connectivity index (χ1v) is 5.58. The first-order valence-electron chi connectivity index (χ1n) is 5.58.